The maximum atomic E-state index is 12.6. The number of ether oxygens (including phenoxy) is 1. The van der Waals surface area contributed by atoms with E-state index in [1.807, 2.05) is 39.0 Å². The van der Waals surface area contributed by atoms with Crippen LogP contribution in [0.15, 0.2) is 47.2 Å². The van der Waals surface area contributed by atoms with Crippen molar-refractivity contribution in [2.24, 2.45) is 5.92 Å². The highest BCUT2D eigenvalue weighted by Crippen LogP contribution is 2.28. The summed E-state index contributed by atoms with van der Waals surface area (Å²) in [6, 6.07) is 8.37. The van der Waals surface area contributed by atoms with Gasteiger partial charge in [0.1, 0.15) is 11.8 Å². The normalized spacial score (nSPS) is 11.9. The zero-order chi connectivity index (χ0) is 20.1. The van der Waals surface area contributed by atoms with Crippen molar-refractivity contribution >= 4 is 11.7 Å². The molecule has 8 heteroatoms. The Balaban J connectivity index is 1.77. The molecule has 0 fully saturated rings. The summed E-state index contributed by atoms with van der Waals surface area (Å²) in [6.45, 7) is 5.83. The van der Waals surface area contributed by atoms with E-state index in [4.69, 9.17) is 9.26 Å². The maximum Gasteiger partial charge on any atom is 0.320 e. The molecule has 0 saturated heterocycles. The van der Waals surface area contributed by atoms with Gasteiger partial charge in [-0.1, -0.05) is 31.1 Å². The van der Waals surface area contributed by atoms with E-state index in [9.17, 15) is 4.79 Å². The van der Waals surface area contributed by atoms with Crippen molar-refractivity contribution in [2.45, 2.75) is 26.8 Å². The van der Waals surface area contributed by atoms with Crippen LogP contribution in [-0.2, 0) is 0 Å². The van der Waals surface area contributed by atoms with Crippen molar-refractivity contribution in [1.29, 1.82) is 0 Å². The number of nitrogens with zero attached hydrogens (tertiary/aromatic N) is 3. The average molecular weight is 381 g/mol. The van der Waals surface area contributed by atoms with Gasteiger partial charge in [0.2, 0.25) is 11.7 Å². The standard InChI is InChI=1S/C20H23N5O3/c1-12(2)16(19-24-18(25-28-19)14-8-6-10-21-11-14)22-20(26)23-17-13(3)7-5-9-15(17)27-4/h5-12,16H,1-4H3,(H2,22,23,26). The first-order chi connectivity index (χ1) is 13.5. The molecule has 0 radical (unpaired) electrons. The molecule has 0 spiro atoms. The molecule has 0 bridgehead atoms. The van der Waals surface area contributed by atoms with Crippen LogP contribution in [0.4, 0.5) is 10.5 Å². The molecule has 0 saturated carbocycles. The van der Waals surface area contributed by atoms with Crippen LogP contribution in [-0.4, -0.2) is 28.3 Å². The first-order valence-electron chi connectivity index (χ1n) is 8.94. The SMILES string of the molecule is COc1cccc(C)c1NC(=O)NC(c1nc(-c2cccnc2)no1)C(C)C. The van der Waals surface area contributed by atoms with Gasteiger partial charge in [0.15, 0.2) is 0 Å². The molecule has 8 nitrogen and oxygen atoms in total. The molecule has 3 rings (SSSR count). The minimum Gasteiger partial charge on any atom is -0.495 e. The molecule has 2 aromatic heterocycles. The fraction of sp³-hybridized carbons (Fsp3) is 0.300. The first kappa shape index (κ1) is 19.3. The molecule has 2 N–H and O–H groups in total. The van der Waals surface area contributed by atoms with Crippen molar-refractivity contribution in [2.75, 3.05) is 12.4 Å². The number of carbonyl (C=O) groups is 1. The monoisotopic (exact) mass is 381 g/mol. The van der Waals surface area contributed by atoms with Crippen LogP contribution in [0, 0.1) is 12.8 Å². The fourth-order valence-corrected chi connectivity index (χ4v) is 2.75. The Bertz CT molecular complexity index is 940. The van der Waals surface area contributed by atoms with Crippen molar-refractivity contribution < 1.29 is 14.1 Å². The van der Waals surface area contributed by atoms with E-state index in [0.717, 1.165) is 11.1 Å². The quantitative estimate of drug-likeness (QED) is 0.670. The van der Waals surface area contributed by atoms with Crippen LogP contribution >= 0.6 is 0 Å². The summed E-state index contributed by atoms with van der Waals surface area (Å²) in [5.74, 6) is 1.39. The van der Waals surface area contributed by atoms with Crippen LogP contribution in [0.3, 0.4) is 0 Å². The number of anilines is 1. The van der Waals surface area contributed by atoms with Gasteiger partial charge >= 0.3 is 6.03 Å². The third kappa shape index (κ3) is 4.28. The van der Waals surface area contributed by atoms with Gasteiger partial charge < -0.3 is 19.9 Å². The van der Waals surface area contributed by atoms with E-state index in [1.54, 1.807) is 31.6 Å². The summed E-state index contributed by atoms with van der Waals surface area (Å²) in [5.41, 5.74) is 2.26. The third-order valence-corrected chi connectivity index (χ3v) is 4.27. The zero-order valence-corrected chi connectivity index (χ0v) is 16.3. The number of rotatable bonds is 6. The van der Waals surface area contributed by atoms with Crippen LogP contribution in [0.5, 0.6) is 5.75 Å². The Labute approximate surface area is 163 Å². The van der Waals surface area contributed by atoms with Gasteiger partial charge in [0, 0.05) is 18.0 Å². The second kappa shape index (κ2) is 8.51. The molecule has 2 heterocycles. The highest BCUT2D eigenvalue weighted by Gasteiger charge is 2.25. The number of pyridine rings is 1. The van der Waals surface area contributed by atoms with Gasteiger partial charge in [-0.25, -0.2) is 4.79 Å². The summed E-state index contributed by atoms with van der Waals surface area (Å²) in [6.07, 6.45) is 3.33. The highest BCUT2D eigenvalue weighted by molar-refractivity contribution is 5.92. The number of aryl methyl sites for hydroxylation is 1. The number of carbonyl (C=O) groups excluding carboxylic acids is 1. The van der Waals surface area contributed by atoms with Gasteiger partial charge in [0.25, 0.3) is 0 Å². The predicted octanol–water partition coefficient (Wildman–Crippen LogP) is 3.97. The minimum atomic E-state index is -0.451. The Kier molecular flexibility index (Phi) is 5.88. The molecule has 2 amide bonds. The molecule has 1 aromatic carbocycles. The highest BCUT2D eigenvalue weighted by atomic mass is 16.5. The van der Waals surface area contributed by atoms with Gasteiger partial charge in [-0.2, -0.15) is 4.98 Å². The number of hydrogen-bond donors (Lipinski definition) is 2. The van der Waals surface area contributed by atoms with Gasteiger partial charge in [-0.15, -0.1) is 0 Å². The fourth-order valence-electron chi connectivity index (χ4n) is 2.75. The molecule has 0 aliphatic rings. The van der Waals surface area contributed by atoms with Gasteiger partial charge in [-0.3, -0.25) is 4.98 Å². The van der Waals surface area contributed by atoms with Gasteiger partial charge in [-0.05, 0) is 36.6 Å². The number of hydrogen-bond acceptors (Lipinski definition) is 6. The largest absolute Gasteiger partial charge is 0.495 e. The lowest BCUT2D eigenvalue weighted by atomic mass is 10.0. The molecule has 1 atom stereocenters. The number of methoxy groups -OCH3 is 1. The number of nitrogens with one attached hydrogen (secondary N) is 2. The Hall–Kier alpha value is -3.42. The predicted molar refractivity (Wildman–Crippen MR) is 105 cm³/mol. The molecule has 1 unspecified atom stereocenters. The lowest BCUT2D eigenvalue weighted by molar-refractivity contribution is 0.235. The lowest BCUT2D eigenvalue weighted by Crippen LogP contribution is -2.35. The molecule has 0 aliphatic heterocycles. The third-order valence-electron chi connectivity index (χ3n) is 4.27. The minimum absolute atomic E-state index is 0.0340. The summed E-state index contributed by atoms with van der Waals surface area (Å²) < 4.78 is 10.7. The average Bonchev–Trinajstić information content (AvgIpc) is 3.18. The summed E-state index contributed by atoms with van der Waals surface area (Å²) in [4.78, 5) is 21.1. The van der Waals surface area contributed by atoms with Crippen molar-refractivity contribution in [3.63, 3.8) is 0 Å². The van der Waals surface area contributed by atoms with E-state index in [-0.39, 0.29) is 11.9 Å². The second-order valence-electron chi connectivity index (χ2n) is 6.67. The number of para-hydroxylation sites is 1. The van der Waals surface area contributed by atoms with E-state index >= 15 is 0 Å². The molecule has 28 heavy (non-hydrogen) atoms. The maximum absolute atomic E-state index is 12.6. The van der Waals surface area contributed by atoms with Crippen LogP contribution < -0.4 is 15.4 Å². The molecular weight excluding hydrogens is 358 g/mol. The van der Waals surface area contributed by atoms with E-state index in [2.05, 4.69) is 25.8 Å². The number of urea groups is 1. The van der Waals surface area contributed by atoms with Crippen LogP contribution in [0.2, 0.25) is 0 Å². The van der Waals surface area contributed by atoms with Crippen molar-refractivity contribution in [3.8, 4) is 17.1 Å². The van der Waals surface area contributed by atoms with Gasteiger partial charge in [0.05, 0.1) is 12.8 Å². The zero-order valence-electron chi connectivity index (χ0n) is 16.3. The molecular formula is C20H23N5O3. The van der Waals surface area contributed by atoms with E-state index < -0.39 is 6.04 Å². The van der Waals surface area contributed by atoms with Crippen LogP contribution in [0.1, 0.15) is 31.3 Å². The summed E-state index contributed by atoms with van der Waals surface area (Å²) >= 11 is 0. The summed E-state index contributed by atoms with van der Waals surface area (Å²) in [5, 5.41) is 9.76. The molecule has 146 valence electrons. The van der Waals surface area contributed by atoms with Crippen molar-refractivity contribution in [1.82, 2.24) is 20.4 Å². The summed E-state index contributed by atoms with van der Waals surface area (Å²) in [7, 11) is 1.56. The van der Waals surface area contributed by atoms with Crippen molar-refractivity contribution in [3.05, 3.63) is 54.2 Å². The number of benzene rings is 1. The van der Waals surface area contributed by atoms with Crippen LogP contribution in [0.25, 0.3) is 11.4 Å². The number of amides is 2. The topological polar surface area (TPSA) is 102 Å². The Morgan fingerprint density at radius 2 is 2.04 bits per heavy atom. The Morgan fingerprint density at radius 3 is 2.71 bits per heavy atom. The number of aromatic nitrogens is 3. The molecule has 0 aliphatic carbocycles. The van der Waals surface area contributed by atoms with E-state index in [0.29, 0.717) is 23.2 Å². The Morgan fingerprint density at radius 1 is 1.21 bits per heavy atom. The second-order valence-corrected chi connectivity index (χ2v) is 6.67. The lowest BCUT2D eigenvalue weighted by Gasteiger charge is -2.20. The van der Waals surface area contributed by atoms with E-state index in [1.165, 1.54) is 0 Å². The smallest absolute Gasteiger partial charge is 0.320 e. The molecule has 3 aromatic rings. The first-order valence-corrected chi connectivity index (χ1v) is 8.94.